The maximum atomic E-state index is 12.4. The highest BCUT2D eigenvalue weighted by atomic mass is 32.2. The minimum Gasteiger partial charge on any atom is -0.497 e. The predicted molar refractivity (Wildman–Crippen MR) is 115 cm³/mol. The van der Waals surface area contributed by atoms with Crippen LogP contribution in [-0.2, 0) is 11.2 Å². The van der Waals surface area contributed by atoms with Crippen LogP contribution >= 0.6 is 11.8 Å². The average Bonchev–Trinajstić information content (AvgIpc) is 3.12. The molecule has 0 bridgehead atoms. The van der Waals surface area contributed by atoms with Gasteiger partial charge in [-0.1, -0.05) is 23.9 Å². The van der Waals surface area contributed by atoms with E-state index in [1.54, 1.807) is 32.4 Å². The quantitative estimate of drug-likeness (QED) is 0.394. The van der Waals surface area contributed by atoms with Crippen LogP contribution in [0, 0.1) is 0 Å². The van der Waals surface area contributed by atoms with Crippen molar-refractivity contribution in [1.82, 2.24) is 14.9 Å². The molecule has 2 aromatic carbocycles. The summed E-state index contributed by atoms with van der Waals surface area (Å²) in [5.41, 5.74) is 1.55. The number of benzene rings is 2. The fourth-order valence-corrected chi connectivity index (χ4v) is 3.36. The highest BCUT2D eigenvalue weighted by Crippen LogP contribution is 2.29. The van der Waals surface area contributed by atoms with E-state index in [9.17, 15) is 4.79 Å². The predicted octanol–water partition coefficient (Wildman–Crippen LogP) is 2.34. The van der Waals surface area contributed by atoms with E-state index in [0.717, 1.165) is 11.3 Å². The van der Waals surface area contributed by atoms with E-state index in [-0.39, 0.29) is 11.7 Å². The Balaban J connectivity index is 1.60. The Morgan fingerprint density at radius 1 is 1.03 bits per heavy atom. The SMILES string of the molecule is COc1ccc(Cc2nnc(SCC(=O)Nc3cc(OC)ccc3OC)n2N)cc1. The van der Waals surface area contributed by atoms with Gasteiger partial charge in [0.2, 0.25) is 11.1 Å². The van der Waals surface area contributed by atoms with Crippen molar-refractivity contribution in [2.45, 2.75) is 11.6 Å². The molecule has 1 heterocycles. The Kier molecular flexibility index (Phi) is 7.02. The number of carbonyl (C=O) groups is 1. The molecule has 0 fully saturated rings. The van der Waals surface area contributed by atoms with Gasteiger partial charge >= 0.3 is 0 Å². The molecule has 0 radical (unpaired) electrons. The lowest BCUT2D eigenvalue weighted by atomic mass is 10.1. The normalized spacial score (nSPS) is 10.5. The van der Waals surface area contributed by atoms with Gasteiger partial charge in [0, 0.05) is 12.5 Å². The van der Waals surface area contributed by atoms with Crippen LogP contribution in [-0.4, -0.2) is 47.9 Å². The van der Waals surface area contributed by atoms with Gasteiger partial charge in [-0.2, -0.15) is 0 Å². The molecule has 30 heavy (non-hydrogen) atoms. The minimum atomic E-state index is -0.230. The number of hydrogen-bond acceptors (Lipinski definition) is 8. The van der Waals surface area contributed by atoms with Gasteiger partial charge in [-0.05, 0) is 29.8 Å². The van der Waals surface area contributed by atoms with Gasteiger partial charge in [-0.15, -0.1) is 10.2 Å². The van der Waals surface area contributed by atoms with Crippen LogP contribution in [0.5, 0.6) is 17.2 Å². The maximum Gasteiger partial charge on any atom is 0.234 e. The van der Waals surface area contributed by atoms with Crippen LogP contribution in [0.1, 0.15) is 11.4 Å². The van der Waals surface area contributed by atoms with Crippen molar-refractivity contribution in [3.8, 4) is 17.2 Å². The summed E-state index contributed by atoms with van der Waals surface area (Å²) in [5.74, 6) is 8.52. The number of nitrogen functional groups attached to an aromatic ring is 1. The van der Waals surface area contributed by atoms with E-state index < -0.39 is 0 Å². The lowest BCUT2D eigenvalue weighted by Crippen LogP contribution is -2.17. The first kappa shape index (κ1) is 21.3. The van der Waals surface area contributed by atoms with E-state index in [1.165, 1.54) is 23.5 Å². The molecule has 3 N–H and O–H groups in total. The molecule has 0 aliphatic carbocycles. The van der Waals surface area contributed by atoms with Gasteiger partial charge in [-0.25, -0.2) is 4.68 Å². The molecular formula is C20H23N5O4S. The van der Waals surface area contributed by atoms with Gasteiger partial charge < -0.3 is 25.4 Å². The molecule has 1 amide bonds. The van der Waals surface area contributed by atoms with Gasteiger partial charge in [0.1, 0.15) is 17.2 Å². The molecule has 3 rings (SSSR count). The second kappa shape index (κ2) is 9.88. The summed E-state index contributed by atoms with van der Waals surface area (Å²) in [5, 5.41) is 11.5. The van der Waals surface area contributed by atoms with Crippen molar-refractivity contribution in [3.05, 3.63) is 53.9 Å². The summed E-state index contributed by atoms with van der Waals surface area (Å²) in [6.07, 6.45) is 0.515. The molecule has 0 saturated heterocycles. The van der Waals surface area contributed by atoms with Crippen molar-refractivity contribution >= 4 is 23.4 Å². The third kappa shape index (κ3) is 5.15. The molecule has 3 aromatic rings. The number of carbonyl (C=O) groups excluding carboxylic acids is 1. The van der Waals surface area contributed by atoms with Crippen LogP contribution in [0.2, 0.25) is 0 Å². The standard InChI is InChI=1S/C20H23N5O4S/c1-27-14-6-4-13(5-7-14)10-18-23-24-20(25(18)21)30-12-19(26)22-16-11-15(28-2)8-9-17(16)29-3/h4-9,11H,10,12,21H2,1-3H3,(H,22,26). The molecule has 0 atom stereocenters. The number of aromatic nitrogens is 3. The molecule has 0 saturated carbocycles. The third-order valence-corrected chi connectivity index (χ3v) is 5.21. The fraction of sp³-hybridized carbons (Fsp3) is 0.250. The Morgan fingerprint density at radius 3 is 2.40 bits per heavy atom. The zero-order valence-corrected chi connectivity index (χ0v) is 17.7. The van der Waals surface area contributed by atoms with Gasteiger partial charge in [-0.3, -0.25) is 4.79 Å². The summed E-state index contributed by atoms with van der Waals surface area (Å²) in [6, 6.07) is 12.8. The number of ether oxygens (including phenoxy) is 3. The van der Waals surface area contributed by atoms with Crippen LogP contribution in [0.3, 0.4) is 0 Å². The number of nitrogens with two attached hydrogens (primary N) is 1. The van der Waals surface area contributed by atoms with Gasteiger partial charge in [0.15, 0.2) is 5.82 Å². The second-order valence-corrected chi connectivity index (χ2v) is 7.14. The fourth-order valence-electron chi connectivity index (χ4n) is 2.68. The molecule has 9 nitrogen and oxygen atoms in total. The highest BCUT2D eigenvalue weighted by molar-refractivity contribution is 7.99. The number of nitrogens with zero attached hydrogens (tertiary/aromatic N) is 3. The first-order chi connectivity index (χ1) is 14.5. The van der Waals surface area contributed by atoms with Crippen LogP contribution in [0.4, 0.5) is 5.69 Å². The maximum absolute atomic E-state index is 12.4. The number of nitrogens with one attached hydrogen (secondary N) is 1. The number of thioether (sulfide) groups is 1. The Labute approximate surface area is 178 Å². The summed E-state index contributed by atoms with van der Waals surface area (Å²) < 4.78 is 17.0. The topological polar surface area (TPSA) is 114 Å². The molecule has 158 valence electrons. The number of hydrogen-bond donors (Lipinski definition) is 2. The summed E-state index contributed by atoms with van der Waals surface area (Å²) in [7, 11) is 4.71. The average molecular weight is 430 g/mol. The van der Waals surface area contributed by atoms with Gasteiger partial charge in [0.05, 0.1) is 32.8 Å². The number of methoxy groups -OCH3 is 3. The summed E-state index contributed by atoms with van der Waals surface area (Å²) in [6.45, 7) is 0. The molecule has 10 heteroatoms. The molecular weight excluding hydrogens is 406 g/mol. The molecule has 0 aliphatic rings. The second-order valence-electron chi connectivity index (χ2n) is 6.20. The lowest BCUT2D eigenvalue weighted by molar-refractivity contribution is -0.113. The van der Waals surface area contributed by atoms with E-state index in [4.69, 9.17) is 20.1 Å². The number of anilines is 1. The van der Waals surface area contributed by atoms with E-state index in [1.807, 2.05) is 24.3 Å². The zero-order chi connectivity index (χ0) is 21.5. The Hall–Kier alpha value is -3.40. The molecule has 0 unspecified atom stereocenters. The highest BCUT2D eigenvalue weighted by Gasteiger charge is 2.14. The molecule has 1 aromatic heterocycles. The zero-order valence-electron chi connectivity index (χ0n) is 16.9. The monoisotopic (exact) mass is 429 g/mol. The Bertz CT molecular complexity index is 1010. The van der Waals surface area contributed by atoms with Crippen molar-refractivity contribution in [2.24, 2.45) is 0 Å². The first-order valence-electron chi connectivity index (χ1n) is 9.01. The smallest absolute Gasteiger partial charge is 0.234 e. The van der Waals surface area contributed by atoms with E-state index in [2.05, 4.69) is 15.5 Å². The first-order valence-corrected chi connectivity index (χ1v) is 9.99. The molecule has 0 spiro atoms. The van der Waals surface area contributed by atoms with E-state index in [0.29, 0.717) is 34.6 Å². The van der Waals surface area contributed by atoms with Crippen LogP contribution in [0.15, 0.2) is 47.6 Å². The largest absolute Gasteiger partial charge is 0.497 e. The van der Waals surface area contributed by atoms with Crippen molar-refractivity contribution in [3.63, 3.8) is 0 Å². The van der Waals surface area contributed by atoms with Crippen molar-refractivity contribution in [1.29, 1.82) is 0 Å². The third-order valence-electron chi connectivity index (χ3n) is 4.27. The summed E-state index contributed by atoms with van der Waals surface area (Å²) in [4.78, 5) is 12.4. The Morgan fingerprint density at radius 2 is 1.73 bits per heavy atom. The van der Waals surface area contributed by atoms with E-state index >= 15 is 0 Å². The number of rotatable bonds is 9. The lowest BCUT2D eigenvalue weighted by Gasteiger charge is -2.11. The number of amides is 1. The summed E-state index contributed by atoms with van der Waals surface area (Å²) >= 11 is 1.20. The minimum absolute atomic E-state index is 0.109. The van der Waals surface area contributed by atoms with Crippen LogP contribution < -0.4 is 25.4 Å². The van der Waals surface area contributed by atoms with Crippen molar-refractivity contribution in [2.75, 3.05) is 38.2 Å². The van der Waals surface area contributed by atoms with Gasteiger partial charge in [0.25, 0.3) is 0 Å². The van der Waals surface area contributed by atoms with Crippen LogP contribution in [0.25, 0.3) is 0 Å². The molecule has 0 aliphatic heterocycles. The van der Waals surface area contributed by atoms with Crippen molar-refractivity contribution < 1.29 is 19.0 Å².